The van der Waals surface area contributed by atoms with E-state index in [0.717, 1.165) is 29.9 Å². The Labute approximate surface area is 89.5 Å². The molecule has 1 aliphatic heterocycles. The van der Waals surface area contributed by atoms with Crippen molar-refractivity contribution >= 4 is 0 Å². The molecule has 2 rings (SSSR count). The van der Waals surface area contributed by atoms with Crippen LogP contribution in [0.4, 0.5) is 0 Å². The lowest BCUT2D eigenvalue weighted by Gasteiger charge is -2.11. The minimum atomic E-state index is 0.0394. The maximum atomic E-state index is 6.03. The fourth-order valence-electron chi connectivity index (χ4n) is 1.61. The second-order valence-electron chi connectivity index (χ2n) is 3.59. The summed E-state index contributed by atoms with van der Waals surface area (Å²) < 4.78 is 10.5. The first-order valence-electron chi connectivity index (χ1n) is 5.07. The van der Waals surface area contributed by atoms with Crippen LogP contribution in [0.5, 0.6) is 11.5 Å². The maximum absolute atomic E-state index is 6.03. The summed E-state index contributed by atoms with van der Waals surface area (Å²) in [6, 6.07) is 5.89. The third-order valence-corrected chi connectivity index (χ3v) is 2.51. The lowest BCUT2D eigenvalue weighted by Crippen LogP contribution is -2.09. The van der Waals surface area contributed by atoms with Gasteiger partial charge in [-0.15, -0.1) is 6.58 Å². The van der Waals surface area contributed by atoms with Crippen molar-refractivity contribution in [1.82, 2.24) is 0 Å². The molecule has 1 aliphatic rings. The number of ether oxygens (including phenoxy) is 2. The summed E-state index contributed by atoms with van der Waals surface area (Å²) in [5.74, 6) is 1.59. The zero-order valence-electron chi connectivity index (χ0n) is 8.61. The molecule has 3 heteroatoms. The second-order valence-corrected chi connectivity index (χ2v) is 3.59. The molecule has 0 aromatic heterocycles. The Morgan fingerprint density at radius 2 is 2.20 bits per heavy atom. The number of hydrogen-bond donors (Lipinski definition) is 1. The summed E-state index contributed by atoms with van der Waals surface area (Å²) in [5.41, 5.74) is 7.12. The maximum Gasteiger partial charge on any atom is 0.231 e. The summed E-state index contributed by atoms with van der Waals surface area (Å²) in [6.45, 7) is 3.99. The van der Waals surface area contributed by atoms with E-state index in [4.69, 9.17) is 15.2 Å². The Balaban J connectivity index is 2.11. The van der Waals surface area contributed by atoms with Gasteiger partial charge in [-0.05, 0) is 30.5 Å². The van der Waals surface area contributed by atoms with Crippen LogP contribution in [-0.4, -0.2) is 6.79 Å². The molecule has 2 N–H and O–H groups in total. The topological polar surface area (TPSA) is 44.5 Å². The molecule has 15 heavy (non-hydrogen) atoms. The SMILES string of the molecule is C=CCC[C@@H](N)c1ccc2c(c1)OCO2. The van der Waals surface area contributed by atoms with E-state index in [2.05, 4.69) is 6.58 Å². The molecule has 1 atom stereocenters. The van der Waals surface area contributed by atoms with Crippen LogP contribution >= 0.6 is 0 Å². The summed E-state index contributed by atoms with van der Waals surface area (Å²) in [7, 11) is 0. The van der Waals surface area contributed by atoms with Crippen molar-refractivity contribution in [3.8, 4) is 11.5 Å². The number of nitrogens with two attached hydrogens (primary N) is 1. The van der Waals surface area contributed by atoms with E-state index in [9.17, 15) is 0 Å². The van der Waals surface area contributed by atoms with Gasteiger partial charge >= 0.3 is 0 Å². The molecule has 0 amide bonds. The number of fused-ring (bicyclic) bond motifs is 1. The number of benzene rings is 1. The van der Waals surface area contributed by atoms with Gasteiger partial charge in [0.25, 0.3) is 0 Å². The lowest BCUT2D eigenvalue weighted by atomic mass is 10.0. The van der Waals surface area contributed by atoms with E-state index in [1.165, 1.54) is 0 Å². The van der Waals surface area contributed by atoms with Crippen molar-refractivity contribution in [2.24, 2.45) is 5.73 Å². The highest BCUT2D eigenvalue weighted by Crippen LogP contribution is 2.34. The van der Waals surface area contributed by atoms with Crippen molar-refractivity contribution in [3.05, 3.63) is 36.4 Å². The van der Waals surface area contributed by atoms with E-state index in [1.807, 2.05) is 24.3 Å². The Morgan fingerprint density at radius 3 is 3.00 bits per heavy atom. The van der Waals surface area contributed by atoms with Crippen LogP contribution in [0.25, 0.3) is 0 Å². The first-order chi connectivity index (χ1) is 7.31. The van der Waals surface area contributed by atoms with Gasteiger partial charge in [0.15, 0.2) is 11.5 Å². The van der Waals surface area contributed by atoms with Crippen molar-refractivity contribution in [2.75, 3.05) is 6.79 Å². The molecule has 1 aromatic rings. The Hall–Kier alpha value is -1.48. The van der Waals surface area contributed by atoms with Gasteiger partial charge in [0.2, 0.25) is 6.79 Å². The van der Waals surface area contributed by atoms with Crippen molar-refractivity contribution in [3.63, 3.8) is 0 Å². The zero-order valence-corrected chi connectivity index (χ0v) is 8.61. The molecule has 0 bridgehead atoms. The highest BCUT2D eigenvalue weighted by Gasteiger charge is 2.15. The molecule has 0 radical (unpaired) electrons. The minimum Gasteiger partial charge on any atom is -0.454 e. The molecule has 0 fully saturated rings. The predicted molar refractivity (Wildman–Crippen MR) is 58.9 cm³/mol. The van der Waals surface area contributed by atoms with E-state index >= 15 is 0 Å². The predicted octanol–water partition coefficient (Wildman–Crippen LogP) is 2.38. The molecule has 1 aromatic carbocycles. The van der Waals surface area contributed by atoms with E-state index in [0.29, 0.717) is 6.79 Å². The van der Waals surface area contributed by atoms with Crippen molar-refractivity contribution < 1.29 is 9.47 Å². The largest absolute Gasteiger partial charge is 0.454 e. The van der Waals surface area contributed by atoms with Crippen LogP contribution in [0.15, 0.2) is 30.9 Å². The zero-order chi connectivity index (χ0) is 10.7. The summed E-state index contributed by atoms with van der Waals surface area (Å²) in [4.78, 5) is 0. The Bertz CT molecular complexity index is 363. The molecule has 0 saturated carbocycles. The third-order valence-electron chi connectivity index (χ3n) is 2.51. The van der Waals surface area contributed by atoms with Gasteiger partial charge in [0.1, 0.15) is 0 Å². The quantitative estimate of drug-likeness (QED) is 0.767. The summed E-state index contributed by atoms with van der Waals surface area (Å²) >= 11 is 0. The van der Waals surface area contributed by atoms with Crippen LogP contribution in [0, 0.1) is 0 Å². The highest BCUT2D eigenvalue weighted by atomic mass is 16.7. The molecule has 0 saturated heterocycles. The van der Waals surface area contributed by atoms with Gasteiger partial charge in [-0.25, -0.2) is 0 Å². The summed E-state index contributed by atoms with van der Waals surface area (Å²) in [5, 5.41) is 0. The van der Waals surface area contributed by atoms with Crippen LogP contribution < -0.4 is 15.2 Å². The van der Waals surface area contributed by atoms with Gasteiger partial charge in [0.05, 0.1) is 0 Å². The fraction of sp³-hybridized carbons (Fsp3) is 0.333. The average molecular weight is 205 g/mol. The third kappa shape index (κ3) is 2.13. The highest BCUT2D eigenvalue weighted by molar-refractivity contribution is 5.45. The van der Waals surface area contributed by atoms with Crippen molar-refractivity contribution in [2.45, 2.75) is 18.9 Å². The molecule has 0 spiro atoms. The van der Waals surface area contributed by atoms with Gasteiger partial charge < -0.3 is 15.2 Å². The van der Waals surface area contributed by atoms with E-state index in [1.54, 1.807) is 0 Å². The van der Waals surface area contributed by atoms with Crippen LogP contribution in [-0.2, 0) is 0 Å². The Morgan fingerprint density at radius 1 is 1.40 bits per heavy atom. The van der Waals surface area contributed by atoms with E-state index < -0.39 is 0 Å². The molecule has 3 nitrogen and oxygen atoms in total. The van der Waals surface area contributed by atoms with Gasteiger partial charge in [-0.3, -0.25) is 0 Å². The minimum absolute atomic E-state index is 0.0394. The normalized spacial score (nSPS) is 15.0. The van der Waals surface area contributed by atoms with Crippen LogP contribution in [0.3, 0.4) is 0 Å². The number of hydrogen-bond acceptors (Lipinski definition) is 3. The molecule has 80 valence electrons. The summed E-state index contributed by atoms with van der Waals surface area (Å²) in [6.07, 6.45) is 3.71. The second kappa shape index (κ2) is 4.36. The van der Waals surface area contributed by atoms with E-state index in [-0.39, 0.29) is 6.04 Å². The molecule has 1 heterocycles. The fourth-order valence-corrected chi connectivity index (χ4v) is 1.61. The first kappa shape index (κ1) is 10.1. The van der Waals surface area contributed by atoms with Gasteiger partial charge in [-0.1, -0.05) is 12.1 Å². The molecule has 0 aliphatic carbocycles. The van der Waals surface area contributed by atoms with Gasteiger partial charge in [0, 0.05) is 6.04 Å². The molecular weight excluding hydrogens is 190 g/mol. The Kier molecular flexibility index (Phi) is 2.92. The van der Waals surface area contributed by atoms with Crippen molar-refractivity contribution in [1.29, 1.82) is 0 Å². The monoisotopic (exact) mass is 205 g/mol. The van der Waals surface area contributed by atoms with Crippen LogP contribution in [0.1, 0.15) is 24.4 Å². The number of allylic oxidation sites excluding steroid dienone is 1. The molecular formula is C12H15NO2. The first-order valence-corrected chi connectivity index (χ1v) is 5.07. The van der Waals surface area contributed by atoms with Gasteiger partial charge in [-0.2, -0.15) is 0 Å². The van der Waals surface area contributed by atoms with Crippen LogP contribution in [0.2, 0.25) is 0 Å². The molecule has 0 unspecified atom stereocenters. The average Bonchev–Trinajstić information content (AvgIpc) is 2.72. The number of rotatable bonds is 4. The standard InChI is InChI=1S/C12H15NO2/c1-2-3-4-10(13)9-5-6-11-12(7-9)15-8-14-11/h2,5-7,10H,1,3-4,8,13H2/t10-/m1/s1. The lowest BCUT2D eigenvalue weighted by molar-refractivity contribution is 0.174. The smallest absolute Gasteiger partial charge is 0.231 e.